The third kappa shape index (κ3) is 5.47. The smallest absolute Gasteiger partial charge is 0.119 e. The van der Waals surface area contributed by atoms with Crippen molar-refractivity contribution in [1.29, 1.82) is 0 Å². The van der Waals surface area contributed by atoms with Crippen molar-refractivity contribution in [2.75, 3.05) is 45.9 Å². The number of quaternary nitrogens is 1. The minimum absolute atomic E-state index is 0.584. The molecule has 0 bridgehead atoms. The maximum atomic E-state index is 6.04. The van der Waals surface area contributed by atoms with Crippen molar-refractivity contribution in [2.24, 2.45) is 5.92 Å². The first-order valence-electron chi connectivity index (χ1n) is 10.8. The molecule has 1 aromatic carbocycles. The molecule has 1 saturated carbocycles. The molecule has 0 radical (unpaired) electrons. The summed E-state index contributed by atoms with van der Waals surface area (Å²) >= 11 is 0. The van der Waals surface area contributed by atoms with Gasteiger partial charge in [0.15, 0.2) is 0 Å². The minimum atomic E-state index is 0.584. The third-order valence-electron chi connectivity index (χ3n) is 6.39. The molecule has 0 atom stereocenters. The molecule has 3 heteroatoms. The summed E-state index contributed by atoms with van der Waals surface area (Å²) in [6.07, 6.45) is 4.10. The molecule has 1 aromatic rings. The van der Waals surface area contributed by atoms with E-state index in [1.54, 1.807) is 0 Å². The summed E-state index contributed by atoms with van der Waals surface area (Å²) in [5.74, 6) is 2.61. The standard InChI is InChI=1S/C23H39N2O/c1-19(2)22-8-10-23(11-9-22)26-17-5-14-25(18-21-6-7-21)15-12-24(13-16-25)20(3)4/h8-11,19-21H,5-7,12-18H2,1-4H3/q+1. The molecule has 146 valence electrons. The molecule has 0 amide bonds. The fraction of sp³-hybridized carbons (Fsp3) is 0.739. The fourth-order valence-electron chi connectivity index (χ4n) is 4.31. The Bertz CT molecular complexity index is 540. The number of benzene rings is 1. The van der Waals surface area contributed by atoms with Crippen LogP contribution in [0.3, 0.4) is 0 Å². The normalized spacial score (nSPS) is 20.7. The van der Waals surface area contributed by atoms with Crippen molar-refractivity contribution < 1.29 is 9.22 Å². The highest BCUT2D eigenvalue weighted by atomic mass is 16.5. The number of nitrogens with zero attached hydrogens (tertiary/aromatic N) is 2. The Morgan fingerprint density at radius 1 is 1.04 bits per heavy atom. The van der Waals surface area contributed by atoms with Gasteiger partial charge >= 0.3 is 0 Å². The molecule has 0 aromatic heterocycles. The first kappa shape index (κ1) is 19.7. The average Bonchev–Trinajstić information content (AvgIpc) is 3.43. The molecular formula is C23H39N2O+. The predicted molar refractivity (Wildman–Crippen MR) is 110 cm³/mol. The zero-order chi connectivity index (χ0) is 18.6. The van der Waals surface area contributed by atoms with Crippen LogP contribution in [-0.4, -0.2) is 61.3 Å². The van der Waals surface area contributed by atoms with E-state index in [1.165, 1.54) is 68.6 Å². The largest absolute Gasteiger partial charge is 0.493 e. The van der Waals surface area contributed by atoms with E-state index in [2.05, 4.69) is 56.9 Å². The minimum Gasteiger partial charge on any atom is -0.493 e. The summed E-state index contributed by atoms with van der Waals surface area (Å²) in [5.41, 5.74) is 1.38. The van der Waals surface area contributed by atoms with E-state index in [4.69, 9.17) is 4.74 Å². The lowest BCUT2D eigenvalue weighted by atomic mass is 10.0. The number of hydrogen-bond acceptors (Lipinski definition) is 2. The Morgan fingerprint density at radius 3 is 2.23 bits per heavy atom. The molecule has 3 nitrogen and oxygen atoms in total. The third-order valence-corrected chi connectivity index (χ3v) is 6.39. The number of piperazine rings is 1. The maximum Gasteiger partial charge on any atom is 0.119 e. The first-order valence-corrected chi connectivity index (χ1v) is 10.8. The lowest BCUT2D eigenvalue weighted by Crippen LogP contribution is -2.61. The van der Waals surface area contributed by atoms with Gasteiger partial charge in [-0.05, 0) is 50.3 Å². The Balaban J connectivity index is 1.46. The van der Waals surface area contributed by atoms with Gasteiger partial charge in [0.25, 0.3) is 0 Å². The van der Waals surface area contributed by atoms with Crippen molar-refractivity contribution in [3.63, 3.8) is 0 Å². The summed E-state index contributed by atoms with van der Waals surface area (Å²) in [6, 6.07) is 9.35. The van der Waals surface area contributed by atoms with Crippen molar-refractivity contribution in [2.45, 2.75) is 58.9 Å². The molecule has 1 aliphatic carbocycles. The van der Waals surface area contributed by atoms with Gasteiger partial charge in [0.2, 0.25) is 0 Å². The van der Waals surface area contributed by atoms with Crippen LogP contribution in [-0.2, 0) is 0 Å². The summed E-state index contributed by atoms with van der Waals surface area (Å²) in [5, 5.41) is 0. The van der Waals surface area contributed by atoms with Crippen LogP contribution in [0.15, 0.2) is 24.3 Å². The van der Waals surface area contributed by atoms with Crippen molar-refractivity contribution in [3.8, 4) is 5.75 Å². The van der Waals surface area contributed by atoms with Crippen LogP contribution in [0.25, 0.3) is 0 Å². The van der Waals surface area contributed by atoms with Crippen LogP contribution in [0.5, 0.6) is 5.75 Å². The molecule has 0 spiro atoms. The highest BCUT2D eigenvalue weighted by molar-refractivity contribution is 5.28. The highest BCUT2D eigenvalue weighted by Crippen LogP contribution is 2.33. The van der Waals surface area contributed by atoms with Crippen LogP contribution in [0.4, 0.5) is 0 Å². The molecule has 2 fully saturated rings. The van der Waals surface area contributed by atoms with Gasteiger partial charge in [-0.15, -0.1) is 0 Å². The maximum absolute atomic E-state index is 6.04. The van der Waals surface area contributed by atoms with E-state index in [0.29, 0.717) is 12.0 Å². The molecule has 26 heavy (non-hydrogen) atoms. The Labute approximate surface area is 160 Å². The topological polar surface area (TPSA) is 12.5 Å². The van der Waals surface area contributed by atoms with Gasteiger partial charge in [-0.2, -0.15) is 0 Å². The molecule has 1 heterocycles. The van der Waals surface area contributed by atoms with Crippen LogP contribution in [0, 0.1) is 5.92 Å². The summed E-state index contributed by atoms with van der Waals surface area (Å²) < 4.78 is 7.37. The van der Waals surface area contributed by atoms with Crippen LogP contribution in [0.2, 0.25) is 0 Å². The Kier molecular flexibility index (Phi) is 6.63. The van der Waals surface area contributed by atoms with Crippen molar-refractivity contribution in [3.05, 3.63) is 29.8 Å². The lowest BCUT2D eigenvalue weighted by molar-refractivity contribution is -0.934. The first-order chi connectivity index (χ1) is 12.5. The predicted octanol–water partition coefficient (Wildman–Crippen LogP) is 4.53. The lowest BCUT2D eigenvalue weighted by Gasteiger charge is -2.46. The molecule has 0 unspecified atom stereocenters. The van der Waals surface area contributed by atoms with E-state index < -0.39 is 0 Å². The Hall–Kier alpha value is -1.06. The second kappa shape index (κ2) is 8.75. The molecule has 0 N–H and O–H groups in total. The molecule has 1 aliphatic heterocycles. The monoisotopic (exact) mass is 359 g/mol. The van der Waals surface area contributed by atoms with Crippen LogP contribution in [0.1, 0.15) is 58.4 Å². The van der Waals surface area contributed by atoms with Gasteiger partial charge < -0.3 is 9.22 Å². The quantitative estimate of drug-likeness (QED) is 0.474. The molecule has 1 saturated heterocycles. The van der Waals surface area contributed by atoms with Gasteiger partial charge in [-0.1, -0.05) is 26.0 Å². The molecule has 2 aliphatic rings. The fourth-order valence-corrected chi connectivity index (χ4v) is 4.31. The van der Waals surface area contributed by atoms with Crippen molar-refractivity contribution in [1.82, 2.24) is 4.90 Å². The van der Waals surface area contributed by atoms with Gasteiger partial charge in [0.05, 0.1) is 32.8 Å². The van der Waals surface area contributed by atoms with Crippen LogP contribution < -0.4 is 4.74 Å². The number of hydrogen-bond donors (Lipinski definition) is 0. The zero-order valence-corrected chi connectivity index (χ0v) is 17.4. The van der Waals surface area contributed by atoms with E-state index in [0.717, 1.165) is 18.3 Å². The van der Waals surface area contributed by atoms with E-state index in [-0.39, 0.29) is 0 Å². The van der Waals surface area contributed by atoms with Crippen molar-refractivity contribution >= 4 is 0 Å². The second-order valence-electron chi connectivity index (χ2n) is 9.19. The van der Waals surface area contributed by atoms with Gasteiger partial charge in [0.1, 0.15) is 5.75 Å². The summed E-state index contributed by atoms with van der Waals surface area (Å²) in [7, 11) is 0. The number of rotatable bonds is 9. The zero-order valence-electron chi connectivity index (χ0n) is 17.4. The van der Waals surface area contributed by atoms with Gasteiger partial charge in [-0.3, -0.25) is 4.90 Å². The number of ether oxygens (including phenoxy) is 1. The highest BCUT2D eigenvalue weighted by Gasteiger charge is 2.38. The second-order valence-corrected chi connectivity index (χ2v) is 9.19. The Morgan fingerprint density at radius 2 is 1.69 bits per heavy atom. The molecular weight excluding hydrogens is 320 g/mol. The molecule has 3 rings (SSSR count). The van der Waals surface area contributed by atoms with Gasteiger partial charge in [-0.25, -0.2) is 0 Å². The van der Waals surface area contributed by atoms with E-state index in [9.17, 15) is 0 Å². The average molecular weight is 360 g/mol. The SMILES string of the molecule is CC(C)c1ccc(OCCC[N+]2(CC3CC3)CCN(C(C)C)CC2)cc1. The van der Waals surface area contributed by atoms with E-state index >= 15 is 0 Å². The summed E-state index contributed by atoms with van der Waals surface area (Å²) in [4.78, 5) is 2.65. The van der Waals surface area contributed by atoms with Crippen LogP contribution >= 0.6 is 0 Å². The summed E-state index contributed by atoms with van der Waals surface area (Å²) in [6.45, 7) is 17.9. The van der Waals surface area contributed by atoms with E-state index in [1.807, 2.05) is 0 Å². The van der Waals surface area contributed by atoms with Gasteiger partial charge in [0, 0.05) is 31.5 Å².